The maximum absolute atomic E-state index is 13.4. The number of aryl methyl sites for hydroxylation is 1. The Morgan fingerprint density at radius 3 is 2.63 bits per heavy atom. The molecule has 0 bridgehead atoms. The first-order valence-corrected chi connectivity index (χ1v) is 9.64. The zero-order chi connectivity index (χ0) is 21.1. The number of furan rings is 1. The molecule has 0 radical (unpaired) electrons. The van der Waals surface area contributed by atoms with Crippen molar-refractivity contribution in [3.63, 3.8) is 0 Å². The van der Waals surface area contributed by atoms with Crippen LogP contribution in [-0.2, 0) is 13.6 Å². The number of anilines is 1. The second-order valence-electron chi connectivity index (χ2n) is 7.17. The highest BCUT2D eigenvalue weighted by Crippen LogP contribution is 2.16. The highest BCUT2D eigenvalue weighted by molar-refractivity contribution is 6.02. The Hall–Kier alpha value is -3.46. The van der Waals surface area contributed by atoms with Crippen molar-refractivity contribution in [1.29, 1.82) is 0 Å². The van der Waals surface area contributed by atoms with E-state index in [4.69, 9.17) is 4.42 Å². The van der Waals surface area contributed by atoms with Gasteiger partial charge in [-0.1, -0.05) is 12.1 Å². The van der Waals surface area contributed by atoms with E-state index < -0.39 is 5.91 Å². The SMILES string of the molecule is Cn1nc(C(=O)N2CCN(Cc3cccc(F)c3)CC2)cc1NC(=O)c1ccco1. The van der Waals surface area contributed by atoms with Crippen LogP contribution in [0.5, 0.6) is 0 Å². The van der Waals surface area contributed by atoms with E-state index in [1.54, 1.807) is 36.2 Å². The minimum absolute atomic E-state index is 0.179. The molecule has 1 aliphatic rings. The number of halogens is 1. The predicted octanol–water partition coefficient (Wildman–Crippen LogP) is 2.36. The number of rotatable bonds is 5. The van der Waals surface area contributed by atoms with E-state index in [0.29, 0.717) is 38.5 Å². The molecule has 1 aromatic carbocycles. The van der Waals surface area contributed by atoms with Gasteiger partial charge in [0.25, 0.3) is 11.8 Å². The number of carbonyl (C=O) groups is 2. The molecule has 9 heteroatoms. The smallest absolute Gasteiger partial charge is 0.292 e. The van der Waals surface area contributed by atoms with Crippen molar-refractivity contribution in [3.05, 3.63) is 71.6 Å². The Morgan fingerprint density at radius 2 is 1.93 bits per heavy atom. The van der Waals surface area contributed by atoms with Crippen molar-refractivity contribution in [2.75, 3.05) is 31.5 Å². The lowest BCUT2D eigenvalue weighted by Gasteiger charge is -2.34. The average molecular weight is 411 g/mol. The van der Waals surface area contributed by atoms with Crippen LogP contribution in [0.1, 0.15) is 26.6 Å². The minimum Gasteiger partial charge on any atom is -0.459 e. The maximum Gasteiger partial charge on any atom is 0.292 e. The van der Waals surface area contributed by atoms with Crippen LogP contribution in [0, 0.1) is 5.82 Å². The molecule has 1 N–H and O–H groups in total. The molecule has 3 heterocycles. The molecule has 0 saturated carbocycles. The summed E-state index contributed by atoms with van der Waals surface area (Å²) in [7, 11) is 1.66. The van der Waals surface area contributed by atoms with E-state index in [0.717, 1.165) is 5.56 Å². The van der Waals surface area contributed by atoms with Crippen LogP contribution < -0.4 is 5.32 Å². The fourth-order valence-electron chi connectivity index (χ4n) is 3.44. The van der Waals surface area contributed by atoms with E-state index >= 15 is 0 Å². The third-order valence-electron chi connectivity index (χ3n) is 5.04. The molecule has 8 nitrogen and oxygen atoms in total. The number of hydrogen-bond donors (Lipinski definition) is 1. The third kappa shape index (κ3) is 4.41. The summed E-state index contributed by atoms with van der Waals surface area (Å²) in [6.07, 6.45) is 1.42. The zero-order valence-electron chi connectivity index (χ0n) is 16.5. The predicted molar refractivity (Wildman–Crippen MR) is 107 cm³/mol. The number of carbonyl (C=O) groups excluding carboxylic acids is 2. The molecule has 30 heavy (non-hydrogen) atoms. The van der Waals surface area contributed by atoms with Gasteiger partial charge in [-0.2, -0.15) is 5.10 Å². The standard InChI is InChI=1S/C21H22FN5O3/c1-25-19(23-20(28)18-6-3-11-30-18)13-17(24-25)21(29)27-9-7-26(8-10-27)14-15-4-2-5-16(22)12-15/h2-6,11-13H,7-10,14H2,1H3,(H,23,28). The Morgan fingerprint density at radius 1 is 1.13 bits per heavy atom. The van der Waals surface area contributed by atoms with Crippen LogP contribution in [0.4, 0.5) is 10.2 Å². The van der Waals surface area contributed by atoms with Gasteiger partial charge < -0.3 is 14.6 Å². The highest BCUT2D eigenvalue weighted by atomic mass is 19.1. The normalized spacial score (nSPS) is 14.7. The van der Waals surface area contributed by atoms with Crippen LogP contribution in [0.25, 0.3) is 0 Å². The van der Waals surface area contributed by atoms with Crippen LogP contribution in [0.2, 0.25) is 0 Å². The van der Waals surface area contributed by atoms with Crippen LogP contribution in [0.3, 0.4) is 0 Å². The van der Waals surface area contributed by atoms with Gasteiger partial charge in [0.1, 0.15) is 11.6 Å². The van der Waals surface area contributed by atoms with Crippen LogP contribution in [-0.4, -0.2) is 57.6 Å². The van der Waals surface area contributed by atoms with E-state index in [2.05, 4.69) is 15.3 Å². The first-order valence-electron chi connectivity index (χ1n) is 9.64. The van der Waals surface area contributed by atoms with E-state index in [1.807, 2.05) is 6.07 Å². The summed E-state index contributed by atoms with van der Waals surface area (Å²) in [5.41, 5.74) is 1.18. The van der Waals surface area contributed by atoms with Gasteiger partial charge in [0, 0.05) is 45.8 Å². The molecule has 156 valence electrons. The topological polar surface area (TPSA) is 83.6 Å². The van der Waals surface area contributed by atoms with Crippen LogP contribution in [0.15, 0.2) is 53.1 Å². The molecule has 0 spiro atoms. The van der Waals surface area contributed by atoms with E-state index in [-0.39, 0.29) is 23.2 Å². The molecule has 3 aromatic rings. The molecule has 1 fully saturated rings. The molecule has 0 atom stereocenters. The molecule has 2 amide bonds. The van der Waals surface area contributed by atoms with Gasteiger partial charge in [0.2, 0.25) is 0 Å². The fraction of sp³-hybridized carbons (Fsp3) is 0.286. The number of aromatic nitrogens is 2. The van der Waals surface area contributed by atoms with Gasteiger partial charge in [0.05, 0.1) is 6.26 Å². The molecule has 1 saturated heterocycles. The van der Waals surface area contributed by atoms with Crippen molar-refractivity contribution in [1.82, 2.24) is 19.6 Å². The summed E-state index contributed by atoms with van der Waals surface area (Å²) >= 11 is 0. The van der Waals surface area contributed by atoms with Crippen molar-refractivity contribution >= 4 is 17.6 Å². The summed E-state index contributed by atoms with van der Waals surface area (Å²) in [6.45, 7) is 3.14. The quantitative estimate of drug-likeness (QED) is 0.697. The molecule has 0 aliphatic carbocycles. The summed E-state index contributed by atoms with van der Waals surface area (Å²) < 4.78 is 19.9. The molecule has 0 unspecified atom stereocenters. The van der Waals surface area contributed by atoms with E-state index in [1.165, 1.54) is 23.1 Å². The lowest BCUT2D eigenvalue weighted by atomic mass is 10.2. The van der Waals surface area contributed by atoms with Crippen molar-refractivity contribution in [2.24, 2.45) is 7.05 Å². The zero-order valence-corrected chi connectivity index (χ0v) is 16.5. The molecular weight excluding hydrogens is 389 g/mol. The number of piperazine rings is 1. The summed E-state index contributed by atoms with van der Waals surface area (Å²) in [4.78, 5) is 28.9. The van der Waals surface area contributed by atoms with Crippen molar-refractivity contribution in [2.45, 2.75) is 6.54 Å². The van der Waals surface area contributed by atoms with Crippen molar-refractivity contribution < 1.29 is 18.4 Å². The number of amides is 2. The van der Waals surface area contributed by atoms with Gasteiger partial charge in [-0.3, -0.25) is 19.2 Å². The largest absolute Gasteiger partial charge is 0.459 e. The van der Waals surface area contributed by atoms with Crippen LogP contribution >= 0.6 is 0 Å². The van der Waals surface area contributed by atoms with Crippen molar-refractivity contribution in [3.8, 4) is 0 Å². The summed E-state index contributed by atoms with van der Waals surface area (Å²) in [5.74, 6) is -0.253. The summed E-state index contributed by atoms with van der Waals surface area (Å²) in [6, 6.07) is 11.3. The van der Waals surface area contributed by atoms with Gasteiger partial charge >= 0.3 is 0 Å². The molecule has 1 aliphatic heterocycles. The number of benzene rings is 1. The maximum atomic E-state index is 13.4. The number of nitrogens with one attached hydrogen (secondary N) is 1. The van der Waals surface area contributed by atoms with Gasteiger partial charge in [-0.05, 0) is 29.8 Å². The second kappa shape index (κ2) is 8.50. The third-order valence-corrected chi connectivity index (χ3v) is 5.04. The highest BCUT2D eigenvalue weighted by Gasteiger charge is 2.25. The average Bonchev–Trinajstić information content (AvgIpc) is 3.39. The second-order valence-corrected chi connectivity index (χ2v) is 7.17. The lowest BCUT2D eigenvalue weighted by molar-refractivity contribution is 0.0622. The van der Waals surface area contributed by atoms with Gasteiger partial charge in [-0.25, -0.2) is 4.39 Å². The Labute approximate surface area is 172 Å². The van der Waals surface area contributed by atoms with Gasteiger partial charge in [-0.15, -0.1) is 0 Å². The monoisotopic (exact) mass is 411 g/mol. The lowest BCUT2D eigenvalue weighted by Crippen LogP contribution is -2.48. The van der Waals surface area contributed by atoms with Gasteiger partial charge in [0.15, 0.2) is 11.5 Å². The number of hydrogen-bond acceptors (Lipinski definition) is 5. The first-order chi connectivity index (χ1) is 14.5. The Balaban J connectivity index is 1.34. The molecule has 2 aromatic heterocycles. The molecule has 4 rings (SSSR count). The first kappa shape index (κ1) is 19.8. The Kier molecular flexibility index (Phi) is 5.62. The Bertz CT molecular complexity index is 1040. The fourth-order valence-corrected chi connectivity index (χ4v) is 3.44. The minimum atomic E-state index is -0.409. The van der Waals surface area contributed by atoms with E-state index in [9.17, 15) is 14.0 Å². The number of nitrogens with zero attached hydrogens (tertiary/aromatic N) is 4. The summed E-state index contributed by atoms with van der Waals surface area (Å²) in [5, 5.41) is 6.93. The molecular formula is C21H22FN5O3.